The lowest BCUT2D eigenvalue weighted by atomic mass is 10.1. The Morgan fingerprint density at radius 3 is 2.27 bits per heavy atom. The normalized spacial score (nSPS) is 12.1. The van der Waals surface area contributed by atoms with Gasteiger partial charge >= 0.3 is 0 Å². The SMILES string of the molecule is CCCNC(=O)c1ccccc1NC(=O)C(CC)N(c1ccc(Cl)cc1)S(C)(=O)=O. The summed E-state index contributed by atoms with van der Waals surface area (Å²) in [6.45, 7) is 4.17. The molecule has 2 N–H and O–H groups in total. The van der Waals surface area contributed by atoms with Gasteiger partial charge in [-0.15, -0.1) is 0 Å². The van der Waals surface area contributed by atoms with E-state index < -0.39 is 22.0 Å². The average Bonchev–Trinajstić information content (AvgIpc) is 2.70. The summed E-state index contributed by atoms with van der Waals surface area (Å²) in [6.07, 6.45) is 2.05. The number of halogens is 1. The van der Waals surface area contributed by atoms with Crippen LogP contribution >= 0.6 is 11.6 Å². The Morgan fingerprint density at radius 1 is 1.07 bits per heavy atom. The van der Waals surface area contributed by atoms with Crippen LogP contribution in [0.1, 0.15) is 37.0 Å². The number of nitrogens with zero attached hydrogens (tertiary/aromatic N) is 1. The molecule has 0 heterocycles. The van der Waals surface area contributed by atoms with E-state index in [1.165, 1.54) is 0 Å². The van der Waals surface area contributed by atoms with Gasteiger partial charge in [0.1, 0.15) is 6.04 Å². The highest BCUT2D eigenvalue weighted by Crippen LogP contribution is 2.25. The Hall–Kier alpha value is -2.58. The molecule has 0 aliphatic heterocycles. The molecule has 1 atom stereocenters. The zero-order valence-corrected chi connectivity index (χ0v) is 18.8. The van der Waals surface area contributed by atoms with Crippen LogP contribution < -0.4 is 14.9 Å². The maximum absolute atomic E-state index is 13.1. The van der Waals surface area contributed by atoms with Gasteiger partial charge in [-0.05, 0) is 49.2 Å². The van der Waals surface area contributed by atoms with Crippen LogP contribution in [0.25, 0.3) is 0 Å². The highest BCUT2D eigenvalue weighted by molar-refractivity contribution is 7.92. The summed E-state index contributed by atoms with van der Waals surface area (Å²) in [5.74, 6) is -0.841. The fraction of sp³-hybridized carbons (Fsp3) is 0.333. The number of sulfonamides is 1. The van der Waals surface area contributed by atoms with E-state index in [0.717, 1.165) is 17.0 Å². The third-order valence-corrected chi connectivity index (χ3v) is 5.81. The van der Waals surface area contributed by atoms with Gasteiger partial charge in [0.2, 0.25) is 15.9 Å². The maximum Gasteiger partial charge on any atom is 0.253 e. The quantitative estimate of drug-likeness (QED) is 0.608. The van der Waals surface area contributed by atoms with Gasteiger partial charge in [-0.3, -0.25) is 13.9 Å². The number of hydrogen-bond donors (Lipinski definition) is 2. The summed E-state index contributed by atoms with van der Waals surface area (Å²) in [6, 6.07) is 11.8. The van der Waals surface area contributed by atoms with Gasteiger partial charge in [-0.25, -0.2) is 8.42 Å². The Bertz CT molecular complexity index is 994. The topological polar surface area (TPSA) is 95.6 Å². The number of rotatable bonds is 9. The first-order valence-corrected chi connectivity index (χ1v) is 11.8. The first kappa shape index (κ1) is 23.7. The summed E-state index contributed by atoms with van der Waals surface area (Å²) in [5.41, 5.74) is 0.962. The Labute approximate surface area is 182 Å². The second-order valence-corrected chi connectivity index (χ2v) is 9.05. The molecule has 0 bridgehead atoms. The largest absolute Gasteiger partial charge is 0.352 e. The molecule has 0 fully saturated rings. The average molecular weight is 452 g/mol. The first-order valence-electron chi connectivity index (χ1n) is 9.62. The third-order valence-electron chi connectivity index (χ3n) is 4.38. The van der Waals surface area contributed by atoms with Crippen molar-refractivity contribution in [2.75, 3.05) is 22.4 Å². The van der Waals surface area contributed by atoms with E-state index in [-0.39, 0.29) is 12.3 Å². The van der Waals surface area contributed by atoms with Gasteiger partial charge < -0.3 is 10.6 Å². The second kappa shape index (κ2) is 10.4. The minimum absolute atomic E-state index is 0.228. The number of para-hydroxylation sites is 1. The van der Waals surface area contributed by atoms with Crippen molar-refractivity contribution in [2.24, 2.45) is 0 Å². The van der Waals surface area contributed by atoms with E-state index in [1.807, 2.05) is 6.92 Å². The summed E-state index contributed by atoms with van der Waals surface area (Å²) in [5, 5.41) is 5.95. The van der Waals surface area contributed by atoms with Crippen molar-refractivity contribution in [1.82, 2.24) is 5.32 Å². The van der Waals surface area contributed by atoms with Crippen molar-refractivity contribution in [3.05, 3.63) is 59.1 Å². The summed E-state index contributed by atoms with van der Waals surface area (Å²) >= 11 is 5.91. The molecule has 0 aromatic heterocycles. The van der Waals surface area contributed by atoms with Gasteiger partial charge in [-0.1, -0.05) is 37.6 Å². The molecule has 9 heteroatoms. The predicted molar refractivity (Wildman–Crippen MR) is 121 cm³/mol. The Balaban J connectivity index is 2.36. The monoisotopic (exact) mass is 451 g/mol. The minimum Gasteiger partial charge on any atom is -0.352 e. The van der Waals surface area contributed by atoms with E-state index in [2.05, 4.69) is 10.6 Å². The zero-order chi connectivity index (χ0) is 22.3. The van der Waals surface area contributed by atoms with Crippen LogP contribution in [0.5, 0.6) is 0 Å². The van der Waals surface area contributed by atoms with Gasteiger partial charge in [0, 0.05) is 11.6 Å². The van der Waals surface area contributed by atoms with Gasteiger partial charge in [-0.2, -0.15) is 0 Å². The molecule has 2 aromatic rings. The van der Waals surface area contributed by atoms with Crippen molar-refractivity contribution in [1.29, 1.82) is 0 Å². The lowest BCUT2D eigenvalue weighted by molar-refractivity contribution is -0.117. The van der Waals surface area contributed by atoms with E-state index in [0.29, 0.717) is 28.5 Å². The molecule has 0 saturated heterocycles. The standard InChI is InChI=1S/C21H26ClN3O4S/c1-4-14-23-20(26)17-8-6-7-9-18(17)24-21(27)19(5-2)25(30(3,28)29)16-12-10-15(22)11-13-16/h6-13,19H,4-5,14H2,1-3H3,(H,23,26)(H,24,27). The van der Waals surface area contributed by atoms with Gasteiger partial charge in [0.05, 0.1) is 23.2 Å². The molecule has 0 spiro atoms. The van der Waals surface area contributed by atoms with Crippen LogP contribution in [-0.4, -0.2) is 39.1 Å². The van der Waals surface area contributed by atoms with E-state index >= 15 is 0 Å². The molecule has 0 saturated carbocycles. The molecular formula is C21H26ClN3O4S. The number of amides is 2. The molecule has 2 rings (SSSR count). The van der Waals surface area contributed by atoms with Crippen molar-refractivity contribution in [3.63, 3.8) is 0 Å². The number of nitrogens with one attached hydrogen (secondary N) is 2. The van der Waals surface area contributed by atoms with Crippen molar-refractivity contribution in [2.45, 2.75) is 32.7 Å². The van der Waals surface area contributed by atoms with Crippen LogP contribution in [0, 0.1) is 0 Å². The molecule has 7 nitrogen and oxygen atoms in total. The zero-order valence-electron chi connectivity index (χ0n) is 17.2. The fourth-order valence-corrected chi connectivity index (χ4v) is 4.33. The maximum atomic E-state index is 13.1. The van der Waals surface area contributed by atoms with Gasteiger partial charge in [0.15, 0.2) is 0 Å². The van der Waals surface area contributed by atoms with Crippen LogP contribution in [-0.2, 0) is 14.8 Å². The van der Waals surface area contributed by atoms with Crippen LogP contribution in [0.3, 0.4) is 0 Å². The molecule has 2 amide bonds. The van der Waals surface area contributed by atoms with Crippen molar-refractivity contribution >= 4 is 44.8 Å². The lowest BCUT2D eigenvalue weighted by Crippen LogP contribution is -2.47. The molecule has 0 radical (unpaired) electrons. The number of benzene rings is 2. The molecule has 162 valence electrons. The summed E-state index contributed by atoms with van der Waals surface area (Å²) in [7, 11) is -3.77. The van der Waals surface area contributed by atoms with Crippen molar-refractivity contribution in [3.8, 4) is 0 Å². The molecule has 2 aromatic carbocycles. The predicted octanol–water partition coefficient (Wildman–Crippen LogP) is 3.66. The second-order valence-electron chi connectivity index (χ2n) is 6.75. The van der Waals surface area contributed by atoms with E-state index in [9.17, 15) is 18.0 Å². The number of carbonyl (C=O) groups is 2. The van der Waals surface area contributed by atoms with Crippen LogP contribution in [0.2, 0.25) is 5.02 Å². The summed E-state index contributed by atoms with van der Waals surface area (Å²) in [4.78, 5) is 25.5. The van der Waals surface area contributed by atoms with Crippen LogP contribution in [0.15, 0.2) is 48.5 Å². The third kappa shape index (κ3) is 5.96. The van der Waals surface area contributed by atoms with Gasteiger partial charge in [0.25, 0.3) is 5.91 Å². The highest BCUT2D eigenvalue weighted by atomic mass is 35.5. The smallest absolute Gasteiger partial charge is 0.253 e. The minimum atomic E-state index is -3.77. The Morgan fingerprint density at radius 2 is 1.70 bits per heavy atom. The number of anilines is 2. The van der Waals surface area contributed by atoms with E-state index in [1.54, 1.807) is 55.5 Å². The fourth-order valence-electron chi connectivity index (χ4n) is 2.99. The summed E-state index contributed by atoms with van der Waals surface area (Å²) < 4.78 is 26.1. The number of carbonyl (C=O) groups excluding carboxylic acids is 2. The van der Waals surface area contributed by atoms with E-state index in [4.69, 9.17) is 11.6 Å². The highest BCUT2D eigenvalue weighted by Gasteiger charge is 2.32. The molecular weight excluding hydrogens is 426 g/mol. The first-order chi connectivity index (χ1) is 14.2. The number of hydrogen-bond acceptors (Lipinski definition) is 4. The molecule has 0 aliphatic rings. The van der Waals surface area contributed by atoms with Crippen LogP contribution in [0.4, 0.5) is 11.4 Å². The molecule has 0 aliphatic carbocycles. The molecule has 30 heavy (non-hydrogen) atoms. The Kier molecular flexibility index (Phi) is 8.25. The van der Waals surface area contributed by atoms with Crippen molar-refractivity contribution < 1.29 is 18.0 Å². The lowest BCUT2D eigenvalue weighted by Gasteiger charge is -2.30. The molecule has 1 unspecified atom stereocenters.